The lowest BCUT2D eigenvalue weighted by Crippen LogP contribution is -2.68. The number of benzene rings is 4. The molecule has 280 valence electrons. The number of fused-ring (bicyclic) bond motifs is 6. The van der Waals surface area contributed by atoms with Gasteiger partial charge in [0, 0.05) is 53.8 Å². The Labute approximate surface area is 332 Å². The van der Waals surface area contributed by atoms with Gasteiger partial charge < -0.3 is 19.6 Å². The fourth-order valence-corrected chi connectivity index (χ4v) is 8.10. The van der Waals surface area contributed by atoms with Crippen LogP contribution in [-0.4, -0.2) is 42.1 Å². The molecule has 4 aromatic carbocycles. The van der Waals surface area contributed by atoms with Crippen molar-refractivity contribution in [1.82, 2.24) is 4.98 Å². The first-order valence-corrected chi connectivity index (χ1v) is 19.1. The molecule has 0 aliphatic carbocycles. The Balaban J connectivity index is 1.45. The van der Waals surface area contributed by atoms with E-state index in [9.17, 15) is 5.11 Å². The number of ether oxygens (including phenoxy) is 2. The van der Waals surface area contributed by atoms with Crippen LogP contribution < -0.4 is 20.8 Å². The number of aromatic nitrogens is 1. The van der Waals surface area contributed by atoms with Crippen molar-refractivity contribution in [3.63, 3.8) is 0 Å². The summed E-state index contributed by atoms with van der Waals surface area (Å²) in [5, 5.41) is 16.4. The van der Waals surface area contributed by atoms with Crippen LogP contribution in [0.15, 0.2) is 166 Å². The molecule has 4 aliphatic rings. The molecule has 0 radical (unpaired) electrons. The summed E-state index contributed by atoms with van der Waals surface area (Å²) in [7, 11) is 3.14. The molecule has 0 amide bonds. The van der Waals surface area contributed by atoms with Crippen LogP contribution in [0.3, 0.4) is 0 Å². The number of allylic oxidation sites excluding steroid dienone is 5. The van der Waals surface area contributed by atoms with Crippen molar-refractivity contribution in [3.05, 3.63) is 212 Å². The lowest BCUT2D eigenvalue weighted by Gasteiger charge is -2.33. The molecule has 0 spiro atoms. The number of nitrogens with zero attached hydrogens (tertiary/aromatic N) is 2. The zero-order valence-corrected chi connectivity index (χ0v) is 32.8. The monoisotopic (exact) mass is 746 g/mol. The number of H-pyrrole nitrogens is 1. The summed E-state index contributed by atoms with van der Waals surface area (Å²) >= 11 is 0. The zero-order chi connectivity index (χ0) is 39.4. The number of aliphatic imine (C=N–C) groups is 2. The largest absolute Gasteiger partial charge is 0.858 e. The van der Waals surface area contributed by atoms with E-state index in [1.165, 1.54) is 0 Å². The molecule has 0 saturated carbocycles. The van der Waals surface area contributed by atoms with Gasteiger partial charge in [-0.15, -0.1) is 0 Å². The molecule has 5 aromatic rings. The van der Waals surface area contributed by atoms with Gasteiger partial charge in [0.15, 0.2) is 0 Å². The Morgan fingerprint density at radius 1 is 0.526 bits per heavy atom. The first-order valence-electron chi connectivity index (χ1n) is 19.1. The van der Waals surface area contributed by atoms with Gasteiger partial charge in [-0.2, -0.15) is 0 Å². The average Bonchev–Trinajstić information content (AvgIpc) is 4.04. The molecule has 7 nitrogen and oxygen atoms in total. The minimum absolute atomic E-state index is 0.278. The minimum Gasteiger partial charge on any atom is -0.858 e. The van der Waals surface area contributed by atoms with Gasteiger partial charge >= 0.3 is 0 Å². The van der Waals surface area contributed by atoms with Crippen LogP contribution in [0, 0.1) is 27.7 Å². The van der Waals surface area contributed by atoms with E-state index in [2.05, 4.69) is 116 Å². The van der Waals surface area contributed by atoms with Crippen LogP contribution in [0.5, 0.6) is 0 Å². The van der Waals surface area contributed by atoms with Crippen molar-refractivity contribution in [3.8, 4) is 0 Å². The normalized spacial score (nSPS) is 17.2. The van der Waals surface area contributed by atoms with E-state index in [0.29, 0.717) is 22.6 Å². The average molecular weight is 747 g/mol. The van der Waals surface area contributed by atoms with Crippen molar-refractivity contribution >= 4 is 39.4 Å². The molecule has 0 saturated heterocycles. The maximum Gasteiger partial charge on any atom is 0.241 e. The zero-order valence-electron chi connectivity index (χ0n) is 32.8. The molecule has 5 heterocycles. The van der Waals surface area contributed by atoms with Crippen molar-refractivity contribution in [2.24, 2.45) is 9.98 Å². The molecular formula is C50H42N4O3. The summed E-state index contributed by atoms with van der Waals surface area (Å²) in [5.74, 6) is -2.13. The number of methoxy groups -OCH3 is 2. The molecule has 0 unspecified atom stereocenters. The smallest absolute Gasteiger partial charge is 0.241 e. The highest BCUT2D eigenvalue weighted by molar-refractivity contribution is 6.34. The topological polar surface area (TPSA) is 96.0 Å². The van der Waals surface area contributed by atoms with Crippen molar-refractivity contribution < 1.29 is 19.6 Å². The highest BCUT2D eigenvalue weighted by Crippen LogP contribution is 2.45. The molecule has 8 bridgehead atoms. The summed E-state index contributed by atoms with van der Waals surface area (Å²) < 4.78 is 12.9. The summed E-state index contributed by atoms with van der Waals surface area (Å²) in [4.78, 5) is 17.8. The fraction of sp³-hybridized carbons (Fsp3) is 0.140. The van der Waals surface area contributed by atoms with Gasteiger partial charge in [-0.3, -0.25) is 4.99 Å². The van der Waals surface area contributed by atoms with E-state index < -0.39 is 11.7 Å². The predicted molar refractivity (Wildman–Crippen MR) is 227 cm³/mol. The predicted octanol–water partition coefficient (Wildman–Crippen LogP) is 5.60. The van der Waals surface area contributed by atoms with Gasteiger partial charge in [0.25, 0.3) is 0 Å². The van der Waals surface area contributed by atoms with E-state index in [4.69, 9.17) is 19.5 Å². The Morgan fingerprint density at radius 3 is 1.53 bits per heavy atom. The number of hydrogen-bond acceptors (Lipinski definition) is 5. The molecule has 4 aliphatic heterocycles. The Hall–Kier alpha value is -6.67. The van der Waals surface area contributed by atoms with Crippen molar-refractivity contribution in [2.75, 3.05) is 14.2 Å². The first kappa shape index (κ1) is 36.0. The Bertz CT molecular complexity index is 2850. The van der Waals surface area contributed by atoms with E-state index in [-0.39, 0.29) is 5.57 Å². The maximum atomic E-state index is 14.8. The molecule has 9 rings (SSSR count). The number of aryl methyl sites for hydroxylation is 4. The molecule has 7 heteroatoms. The molecule has 2 N–H and O–H groups in total. The van der Waals surface area contributed by atoms with Crippen LogP contribution in [-0.2, 0) is 9.47 Å². The van der Waals surface area contributed by atoms with Gasteiger partial charge in [0.2, 0.25) is 17.2 Å². The summed E-state index contributed by atoms with van der Waals surface area (Å²) in [6.45, 7) is 8.27. The second kappa shape index (κ2) is 14.1. The minimum atomic E-state index is -1.68. The third-order valence-corrected chi connectivity index (χ3v) is 11.1. The third-order valence-electron chi connectivity index (χ3n) is 11.1. The lowest BCUT2D eigenvalue weighted by molar-refractivity contribution is -0.383. The summed E-state index contributed by atoms with van der Waals surface area (Å²) in [5.41, 5.74) is 15.2. The number of nitrogens with one attached hydrogen (secondary N) is 2. The van der Waals surface area contributed by atoms with E-state index >= 15 is 0 Å². The lowest BCUT2D eigenvalue weighted by atomic mass is 9.85. The van der Waals surface area contributed by atoms with Gasteiger partial charge in [0.05, 0.1) is 22.6 Å². The van der Waals surface area contributed by atoms with Crippen molar-refractivity contribution in [1.29, 1.82) is 0 Å². The molecule has 1 aromatic heterocycles. The fourth-order valence-electron chi connectivity index (χ4n) is 8.10. The quantitative estimate of drug-likeness (QED) is 0.222. The first-order chi connectivity index (χ1) is 27.7. The highest BCUT2D eigenvalue weighted by atomic mass is 16.7. The highest BCUT2D eigenvalue weighted by Gasteiger charge is 2.50. The number of rotatable bonds is 6. The Kier molecular flexibility index (Phi) is 8.92. The van der Waals surface area contributed by atoms with Gasteiger partial charge in [-0.25, -0.2) is 9.98 Å². The number of aromatic amines is 1. The van der Waals surface area contributed by atoms with Crippen LogP contribution in [0.4, 0.5) is 0 Å². The number of hydrogen-bond donors (Lipinski definition) is 2. The second-order valence-electron chi connectivity index (χ2n) is 14.9. The maximum absolute atomic E-state index is 14.8. The van der Waals surface area contributed by atoms with E-state index in [1.54, 1.807) is 14.2 Å². The van der Waals surface area contributed by atoms with Crippen LogP contribution >= 0.6 is 0 Å². The van der Waals surface area contributed by atoms with E-state index in [1.807, 2.05) is 55.5 Å². The van der Waals surface area contributed by atoms with Gasteiger partial charge in [-0.05, 0) is 80.1 Å². The van der Waals surface area contributed by atoms with Gasteiger partial charge in [-0.1, -0.05) is 119 Å². The standard InChI is InChI=1S/C50H42N4O3/c1-29-7-15-33(16-8-29)43-37-23-24-38(51-37)44(34-17-9-30(2)10-18-34)40-26-28-42(53-40)46(36-21-13-32(4)14-22-36)48-50(56-5,57-6)47(49(55)54-48)45(41-27-25-39(43)52-41)35-19-11-31(3)12-20-35/h7-28,53H,1-6H3,(H,54,55). The molecule has 57 heavy (non-hydrogen) atoms. The summed E-state index contributed by atoms with van der Waals surface area (Å²) in [6.07, 6.45) is 8.25. The van der Waals surface area contributed by atoms with Crippen LogP contribution in [0.2, 0.25) is 0 Å². The summed E-state index contributed by atoms with van der Waals surface area (Å²) in [6, 6.07) is 37.4. The third kappa shape index (κ3) is 6.12. The van der Waals surface area contributed by atoms with Gasteiger partial charge in [0.1, 0.15) is 5.71 Å². The molecule has 0 fully saturated rings. The van der Waals surface area contributed by atoms with Crippen molar-refractivity contribution in [2.45, 2.75) is 33.5 Å². The molecule has 0 atom stereocenters. The second-order valence-corrected chi connectivity index (χ2v) is 14.9. The molecular weight excluding hydrogens is 705 g/mol. The SMILES string of the molecule is COC1(OC)C2=NC([O-])=C1C(c1ccc(C)cc1)=C1C=CC(=[NH+]1)C(c1ccc(C)cc1)=C1C=CC(=N1)C(c1ccc(C)cc1)=c1ccc([nH]1)=C2c1ccc(C)cc1. The van der Waals surface area contributed by atoms with Crippen LogP contribution in [0.1, 0.15) is 44.5 Å². The Morgan fingerprint density at radius 2 is 1.00 bits per heavy atom. The van der Waals surface area contributed by atoms with E-state index in [0.717, 1.165) is 83.5 Å². The van der Waals surface area contributed by atoms with Crippen LogP contribution in [0.25, 0.3) is 22.3 Å².